The number of fused-ring (bicyclic) bond motifs is 2. The van der Waals surface area contributed by atoms with Gasteiger partial charge in [-0.3, -0.25) is 0 Å². The van der Waals surface area contributed by atoms with E-state index in [2.05, 4.69) is 40.4 Å². The molecule has 198 valence electrons. The predicted molar refractivity (Wildman–Crippen MR) is 157 cm³/mol. The van der Waals surface area contributed by atoms with Crippen LogP contribution in [-0.2, 0) is 5.60 Å². The Labute approximate surface area is 228 Å². The fourth-order valence-electron chi connectivity index (χ4n) is 5.50. The summed E-state index contributed by atoms with van der Waals surface area (Å²) in [6.45, 7) is 0.670. The highest BCUT2D eigenvalue weighted by atomic mass is 16.5. The van der Waals surface area contributed by atoms with Gasteiger partial charge >= 0.3 is 0 Å². The Hall–Kier alpha value is -4.26. The Morgan fingerprint density at radius 2 is 1.67 bits per heavy atom. The largest absolute Gasteiger partial charge is 0.481 e. The number of hydrogen-bond acceptors (Lipinski definition) is 6. The van der Waals surface area contributed by atoms with E-state index >= 15 is 0 Å². The molecule has 0 unspecified atom stereocenters. The standard InChI is InChI=1S/C33H33N3O3/c1-36(2)19-18-33(37,29-15-9-13-24-10-7-8-14-27(24)29)31(25-11-5-4-6-12-25)28-21-26-20-23(22-34-38)16-17-30(26)35-32(28)39-3/h4-17,20-22,31,37-38H,18-19H2,1-3H3/t31-,33-/m1/s1. The summed E-state index contributed by atoms with van der Waals surface area (Å²) >= 11 is 0. The molecule has 5 aromatic rings. The van der Waals surface area contributed by atoms with E-state index in [0.717, 1.165) is 43.9 Å². The molecule has 6 heteroatoms. The maximum Gasteiger partial charge on any atom is 0.217 e. The van der Waals surface area contributed by atoms with Crippen LogP contribution in [0.1, 0.15) is 34.6 Å². The zero-order chi connectivity index (χ0) is 27.4. The van der Waals surface area contributed by atoms with Crippen LogP contribution in [0.15, 0.2) is 102 Å². The van der Waals surface area contributed by atoms with Crippen LogP contribution in [0, 0.1) is 0 Å². The molecule has 1 heterocycles. The average molecular weight is 520 g/mol. The van der Waals surface area contributed by atoms with Crippen LogP contribution in [-0.4, -0.2) is 54.2 Å². The van der Waals surface area contributed by atoms with Crippen molar-refractivity contribution < 1.29 is 15.1 Å². The van der Waals surface area contributed by atoms with E-state index in [1.54, 1.807) is 7.11 Å². The Bertz CT molecular complexity index is 1610. The molecule has 0 aliphatic rings. The van der Waals surface area contributed by atoms with Gasteiger partial charge in [0, 0.05) is 23.4 Å². The number of benzene rings is 4. The van der Waals surface area contributed by atoms with E-state index < -0.39 is 11.5 Å². The second-order valence-corrected chi connectivity index (χ2v) is 10.1. The second kappa shape index (κ2) is 11.2. The van der Waals surface area contributed by atoms with Gasteiger partial charge in [0.15, 0.2) is 0 Å². The normalized spacial score (nSPS) is 14.2. The first-order valence-corrected chi connectivity index (χ1v) is 13.0. The van der Waals surface area contributed by atoms with Gasteiger partial charge in [0.05, 0.1) is 18.8 Å². The van der Waals surface area contributed by atoms with E-state index in [4.69, 9.17) is 14.9 Å². The van der Waals surface area contributed by atoms with Gasteiger partial charge in [0.1, 0.15) is 5.60 Å². The number of rotatable bonds is 9. The van der Waals surface area contributed by atoms with Crippen molar-refractivity contribution in [1.29, 1.82) is 0 Å². The number of oxime groups is 1. The van der Waals surface area contributed by atoms with Gasteiger partial charge in [-0.25, -0.2) is 4.98 Å². The first-order valence-electron chi connectivity index (χ1n) is 13.0. The molecule has 4 aromatic carbocycles. The lowest BCUT2D eigenvalue weighted by Gasteiger charge is -2.39. The molecule has 0 aliphatic heterocycles. The minimum Gasteiger partial charge on any atom is -0.481 e. The van der Waals surface area contributed by atoms with Gasteiger partial charge in [-0.15, -0.1) is 0 Å². The van der Waals surface area contributed by atoms with Crippen LogP contribution in [0.2, 0.25) is 0 Å². The van der Waals surface area contributed by atoms with Crippen molar-refractivity contribution in [2.75, 3.05) is 27.7 Å². The first-order chi connectivity index (χ1) is 18.9. The van der Waals surface area contributed by atoms with Gasteiger partial charge in [0.2, 0.25) is 5.88 Å². The van der Waals surface area contributed by atoms with Crippen LogP contribution in [0.3, 0.4) is 0 Å². The Balaban J connectivity index is 1.83. The molecule has 0 radical (unpaired) electrons. The third-order valence-corrected chi connectivity index (χ3v) is 7.35. The highest BCUT2D eigenvalue weighted by Crippen LogP contribution is 2.48. The molecule has 2 N–H and O–H groups in total. The van der Waals surface area contributed by atoms with Crippen molar-refractivity contribution in [1.82, 2.24) is 9.88 Å². The van der Waals surface area contributed by atoms with Gasteiger partial charge < -0.3 is 20.0 Å². The summed E-state index contributed by atoms with van der Waals surface area (Å²) in [7, 11) is 5.65. The molecule has 0 saturated heterocycles. The first kappa shape index (κ1) is 26.4. The Kier molecular flexibility index (Phi) is 7.59. The van der Waals surface area contributed by atoms with Crippen molar-refractivity contribution in [3.63, 3.8) is 0 Å². The Morgan fingerprint density at radius 3 is 2.41 bits per heavy atom. The van der Waals surface area contributed by atoms with Gasteiger partial charge in [-0.05, 0) is 66.2 Å². The van der Waals surface area contributed by atoms with E-state index in [1.165, 1.54) is 6.21 Å². The number of aromatic nitrogens is 1. The van der Waals surface area contributed by atoms with E-state index in [9.17, 15) is 5.11 Å². The molecule has 39 heavy (non-hydrogen) atoms. The highest BCUT2D eigenvalue weighted by molar-refractivity contribution is 5.90. The summed E-state index contributed by atoms with van der Waals surface area (Å²) in [5.41, 5.74) is 2.79. The molecular weight excluding hydrogens is 486 g/mol. The van der Waals surface area contributed by atoms with Crippen molar-refractivity contribution in [2.24, 2.45) is 5.16 Å². The molecule has 2 atom stereocenters. The minimum atomic E-state index is -1.31. The van der Waals surface area contributed by atoms with Crippen LogP contribution in [0.4, 0.5) is 0 Å². The third kappa shape index (κ3) is 5.21. The zero-order valence-electron chi connectivity index (χ0n) is 22.5. The summed E-state index contributed by atoms with van der Waals surface area (Å²) in [5.74, 6) is -0.0325. The number of ether oxygens (including phenoxy) is 1. The van der Waals surface area contributed by atoms with Crippen LogP contribution in [0.25, 0.3) is 21.7 Å². The molecule has 5 rings (SSSR count). The van der Waals surface area contributed by atoms with Crippen molar-refractivity contribution in [2.45, 2.75) is 17.9 Å². The van der Waals surface area contributed by atoms with Gasteiger partial charge in [-0.1, -0.05) is 84.0 Å². The van der Waals surface area contributed by atoms with Crippen LogP contribution in [0.5, 0.6) is 5.88 Å². The summed E-state index contributed by atoms with van der Waals surface area (Å²) in [4.78, 5) is 6.95. The quantitative estimate of drug-likeness (QED) is 0.138. The number of nitrogens with zero attached hydrogens (tertiary/aromatic N) is 3. The monoisotopic (exact) mass is 519 g/mol. The third-order valence-electron chi connectivity index (χ3n) is 7.35. The average Bonchev–Trinajstić information content (AvgIpc) is 2.96. The molecule has 0 aliphatic carbocycles. The molecule has 0 spiro atoms. The SMILES string of the molecule is COc1nc2ccc(C=NO)cc2cc1[C@@H](c1ccccc1)[C@@](O)(CCN(C)C)c1cccc2ccccc12. The second-order valence-electron chi connectivity index (χ2n) is 10.1. The minimum absolute atomic E-state index is 0.462. The Morgan fingerprint density at radius 1 is 0.923 bits per heavy atom. The molecule has 6 nitrogen and oxygen atoms in total. The number of methoxy groups -OCH3 is 1. The van der Waals surface area contributed by atoms with Gasteiger partial charge in [0.25, 0.3) is 0 Å². The van der Waals surface area contributed by atoms with Crippen molar-refractivity contribution in [3.8, 4) is 5.88 Å². The molecule has 0 amide bonds. The summed E-state index contributed by atoms with van der Waals surface area (Å²) in [6.07, 6.45) is 1.87. The summed E-state index contributed by atoms with van der Waals surface area (Å²) in [5, 5.41) is 28.3. The maximum atomic E-state index is 13.1. The van der Waals surface area contributed by atoms with E-state index in [-0.39, 0.29) is 0 Å². The lowest BCUT2D eigenvalue weighted by Crippen LogP contribution is -2.38. The van der Waals surface area contributed by atoms with E-state index in [1.807, 2.05) is 80.8 Å². The molecule has 1 aromatic heterocycles. The molecule has 0 saturated carbocycles. The van der Waals surface area contributed by atoms with Crippen molar-refractivity contribution in [3.05, 3.63) is 119 Å². The maximum absolute atomic E-state index is 13.1. The molecule has 0 bridgehead atoms. The smallest absolute Gasteiger partial charge is 0.217 e. The van der Waals surface area contributed by atoms with E-state index in [0.29, 0.717) is 18.8 Å². The van der Waals surface area contributed by atoms with Crippen LogP contribution < -0.4 is 4.74 Å². The predicted octanol–water partition coefficient (Wildman–Crippen LogP) is 6.18. The summed E-state index contributed by atoms with van der Waals surface area (Å²) in [6, 6.07) is 32.0. The lowest BCUT2D eigenvalue weighted by atomic mass is 9.70. The molecule has 0 fully saturated rings. The number of aliphatic hydroxyl groups is 1. The number of hydrogen-bond donors (Lipinski definition) is 2. The van der Waals surface area contributed by atoms with Crippen molar-refractivity contribution >= 4 is 27.9 Å². The van der Waals surface area contributed by atoms with Crippen LogP contribution >= 0.6 is 0 Å². The molecular formula is C33H33N3O3. The number of pyridine rings is 1. The lowest BCUT2D eigenvalue weighted by molar-refractivity contribution is 0.00520. The fourth-order valence-corrected chi connectivity index (χ4v) is 5.50. The zero-order valence-corrected chi connectivity index (χ0v) is 22.5. The summed E-state index contributed by atoms with van der Waals surface area (Å²) < 4.78 is 5.88. The topological polar surface area (TPSA) is 78.2 Å². The highest BCUT2D eigenvalue weighted by Gasteiger charge is 2.43. The van der Waals surface area contributed by atoms with Gasteiger partial charge in [-0.2, -0.15) is 0 Å². The fraction of sp³-hybridized carbons (Fsp3) is 0.212.